The maximum atomic E-state index is 12.5. The van der Waals surface area contributed by atoms with Gasteiger partial charge in [0.05, 0.1) is 6.61 Å². The standard InChI is InChI=1S/C45H75O8P/c1-4-6-8-10-12-14-16-18-20-22-23-24-26-28-30-32-34-36-38-40-45(47)53-43(42-52-54(48,49)50-3)41-51-44(46)39-37-35-33-31-29-27-25-21-19-17-15-13-11-9-7-5-2/h6,8,12,14-15,17-18,20-21,23-25,28,30,43H,4-5,7,9-11,13,16,19,22,26-27,29,31-42H2,1-3H3,(H,48,49)/b8-6-,14-12-,17-15-,20-18-,24-23-,25-21-,30-28-. The van der Waals surface area contributed by atoms with E-state index in [4.69, 9.17) is 14.0 Å². The molecular formula is C45H75O8P. The van der Waals surface area contributed by atoms with E-state index in [2.05, 4.69) is 103 Å². The van der Waals surface area contributed by atoms with E-state index in [-0.39, 0.29) is 19.4 Å². The van der Waals surface area contributed by atoms with Crippen LogP contribution in [0.3, 0.4) is 0 Å². The lowest BCUT2D eigenvalue weighted by Gasteiger charge is -2.19. The van der Waals surface area contributed by atoms with Crippen molar-refractivity contribution in [3.05, 3.63) is 85.1 Å². The molecule has 0 saturated heterocycles. The van der Waals surface area contributed by atoms with E-state index >= 15 is 0 Å². The zero-order chi connectivity index (χ0) is 39.6. The van der Waals surface area contributed by atoms with Crippen molar-refractivity contribution in [2.24, 2.45) is 0 Å². The minimum absolute atomic E-state index is 0.198. The third kappa shape index (κ3) is 38.9. The van der Waals surface area contributed by atoms with Crippen LogP contribution in [0.4, 0.5) is 0 Å². The van der Waals surface area contributed by atoms with E-state index < -0.39 is 32.5 Å². The van der Waals surface area contributed by atoms with Crippen molar-refractivity contribution < 1.29 is 37.6 Å². The number of carbonyl (C=O) groups excluding carboxylic acids is 2. The lowest BCUT2D eigenvalue weighted by molar-refractivity contribution is -0.161. The molecule has 0 aromatic heterocycles. The topological polar surface area (TPSA) is 108 Å². The summed E-state index contributed by atoms with van der Waals surface area (Å²) in [4.78, 5) is 34.4. The van der Waals surface area contributed by atoms with Crippen LogP contribution in [0.1, 0.15) is 162 Å². The Morgan fingerprint density at radius 2 is 0.944 bits per heavy atom. The van der Waals surface area contributed by atoms with Gasteiger partial charge < -0.3 is 14.4 Å². The average molecular weight is 775 g/mol. The maximum absolute atomic E-state index is 12.5. The number of unbranched alkanes of at least 4 members (excludes halogenated alkanes) is 12. The summed E-state index contributed by atoms with van der Waals surface area (Å²) in [7, 11) is -3.23. The Labute approximate surface area is 329 Å². The number of hydrogen-bond donors (Lipinski definition) is 1. The minimum atomic E-state index is -4.28. The second-order valence-electron chi connectivity index (χ2n) is 13.4. The monoisotopic (exact) mass is 775 g/mol. The molecule has 54 heavy (non-hydrogen) atoms. The van der Waals surface area contributed by atoms with Crippen LogP contribution >= 0.6 is 7.82 Å². The molecule has 0 aliphatic heterocycles. The molecule has 9 heteroatoms. The molecule has 0 spiro atoms. The summed E-state index contributed by atoms with van der Waals surface area (Å²) < 4.78 is 31.9. The highest BCUT2D eigenvalue weighted by Gasteiger charge is 2.24. The molecule has 2 unspecified atom stereocenters. The summed E-state index contributed by atoms with van der Waals surface area (Å²) in [6.45, 7) is 3.70. The number of esters is 2. The SMILES string of the molecule is CC/C=C\C/C=C\C/C=C\C/C=C\C/C=C\CCCCCC(=O)OC(COC(=O)CCCCCCC/C=C\C/C=C\CCCCCC)COP(=O)(O)OC. The molecule has 2 atom stereocenters. The molecule has 1 N–H and O–H groups in total. The molecule has 308 valence electrons. The first kappa shape index (κ1) is 51.2. The van der Waals surface area contributed by atoms with Crippen molar-refractivity contribution in [1.29, 1.82) is 0 Å². The number of allylic oxidation sites excluding steroid dienone is 14. The van der Waals surface area contributed by atoms with E-state index in [9.17, 15) is 19.0 Å². The molecule has 0 radical (unpaired) electrons. The van der Waals surface area contributed by atoms with Gasteiger partial charge in [-0.25, -0.2) is 4.57 Å². The van der Waals surface area contributed by atoms with Crippen molar-refractivity contribution in [3.8, 4) is 0 Å². The molecule has 0 aliphatic rings. The first-order valence-corrected chi connectivity index (χ1v) is 22.3. The number of phosphoric acid groups is 1. The van der Waals surface area contributed by atoms with Gasteiger partial charge in [0, 0.05) is 20.0 Å². The lowest BCUT2D eigenvalue weighted by Crippen LogP contribution is -2.29. The predicted molar refractivity (Wildman–Crippen MR) is 225 cm³/mol. The highest BCUT2D eigenvalue weighted by Crippen LogP contribution is 2.42. The van der Waals surface area contributed by atoms with Gasteiger partial charge in [0.2, 0.25) is 0 Å². The first-order chi connectivity index (χ1) is 26.3. The molecule has 0 aliphatic carbocycles. The van der Waals surface area contributed by atoms with Crippen molar-refractivity contribution in [3.63, 3.8) is 0 Å². The second-order valence-corrected chi connectivity index (χ2v) is 14.9. The Hall–Kier alpha value is -2.77. The fourth-order valence-corrected chi connectivity index (χ4v) is 5.64. The first-order valence-electron chi connectivity index (χ1n) is 20.8. The summed E-state index contributed by atoms with van der Waals surface area (Å²) in [5.74, 6) is -0.866. The fourth-order valence-electron chi connectivity index (χ4n) is 5.18. The van der Waals surface area contributed by atoms with Gasteiger partial charge in [-0.15, -0.1) is 0 Å². The van der Waals surface area contributed by atoms with Crippen LogP contribution in [-0.4, -0.2) is 43.3 Å². The number of carbonyl (C=O) groups is 2. The zero-order valence-corrected chi connectivity index (χ0v) is 35.0. The minimum Gasteiger partial charge on any atom is -0.462 e. The molecule has 0 rings (SSSR count). The third-order valence-corrected chi connectivity index (χ3v) is 9.31. The van der Waals surface area contributed by atoms with Crippen LogP contribution in [0, 0.1) is 0 Å². The Balaban J connectivity index is 4.14. The summed E-state index contributed by atoms with van der Waals surface area (Å²) in [6.07, 6.45) is 52.0. The zero-order valence-electron chi connectivity index (χ0n) is 34.1. The Bertz CT molecular complexity index is 1150. The van der Waals surface area contributed by atoms with Gasteiger partial charge in [-0.3, -0.25) is 18.6 Å². The summed E-state index contributed by atoms with van der Waals surface area (Å²) >= 11 is 0. The molecule has 0 saturated carbocycles. The highest BCUT2D eigenvalue weighted by molar-refractivity contribution is 7.47. The van der Waals surface area contributed by atoms with E-state index in [1.54, 1.807) is 0 Å². The van der Waals surface area contributed by atoms with Crippen molar-refractivity contribution in [2.45, 2.75) is 168 Å². The Morgan fingerprint density at radius 1 is 0.537 bits per heavy atom. The summed E-state index contributed by atoms with van der Waals surface area (Å²) in [6, 6.07) is 0. The molecule has 0 aromatic carbocycles. The van der Waals surface area contributed by atoms with Crippen LogP contribution in [0.2, 0.25) is 0 Å². The summed E-state index contributed by atoms with van der Waals surface area (Å²) in [5, 5.41) is 0. The maximum Gasteiger partial charge on any atom is 0.472 e. The molecule has 0 aromatic rings. The fraction of sp³-hybridized carbons (Fsp3) is 0.644. The Morgan fingerprint density at radius 3 is 1.43 bits per heavy atom. The number of phosphoric ester groups is 1. The van der Waals surface area contributed by atoms with Gasteiger partial charge in [-0.1, -0.05) is 144 Å². The van der Waals surface area contributed by atoms with E-state index in [1.165, 1.54) is 32.1 Å². The third-order valence-electron chi connectivity index (χ3n) is 8.37. The van der Waals surface area contributed by atoms with Crippen LogP contribution in [0.25, 0.3) is 0 Å². The van der Waals surface area contributed by atoms with Crippen molar-refractivity contribution in [2.75, 3.05) is 20.3 Å². The molecule has 0 bridgehead atoms. The van der Waals surface area contributed by atoms with Gasteiger partial charge in [-0.2, -0.15) is 0 Å². The largest absolute Gasteiger partial charge is 0.472 e. The smallest absolute Gasteiger partial charge is 0.462 e. The molecular weight excluding hydrogens is 699 g/mol. The van der Waals surface area contributed by atoms with E-state index in [0.717, 1.165) is 97.0 Å². The van der Waals surface area contributed by atoms with Crippen molar-refractivity contribution >= 4 is 19.8 Å². The predicted octanol–water partition coefficient (Wildman–Crippen LogP) is 13.1. The number of ether oxygens (including phenoxy) is 2. The van der Waals surface area contributed by atoms with Gasteiger partial charge >= 0.3 is 19.8 Å². The molecule has 8 nitrogen and oxygen atoms in total. The number of hydrogen-bond acceptors (Lipinski definition) is 7. The van der Waals surface area contributed by atoms with Gasteiger partial charge in [0.25, 0.3) is 0 Å². The number of rotatable bonds is 37. The van der Waals surface area contributed by atoms with Gasteiger partial charge in [0.15, 0.2) is 6.10 Å². The quantitative estimate of drug-likeness (QED) is 0.0288. The van der Waals surface area contributed by atoms with Crippen LogP contribution in [0.5, 0.6) is 0 Å². The van der Waals surface area contributed by atoms with Crippen molar-refractivity contribution in [1.82, 2.24) is 0 Å². The lowest BCUT2D eigenvalue weighted by atomic mass is 10.1. The second kappa shape index (κ2) is 39.9. The van der Waals surface area contributed by atoms with E-state index in [1.807, 2.05) is 0 Å². The van der Waals surface area contributed by atoms with Gasteiger partial charge in [0.1, 0.15) is 6.61 Å². The van der Waals surface area contributed by atoms with E-state index in [0.29, 0.717) is 12.8 Å². The van der Waals surface area contributed by atoms with Crippen LogP contribution < -0.4 is 0 Å². The Kier molecular flexibility index (Phi) is 37.9. The average Bonchev–Trinajstić information content (AvgIpc) is 3.16. The molecule has 0 heterocycles. The van der Waals surface area contributed by atoms with Crippen LogP contribution in [-0.2, 0) is 32.7 Å². The summed E-state index contributed by atoms with van der Waals surface area (Å²) in [5.41, 5.74) is 0. The van der Waals surface area contributed by atoms with Gasteiger partial charge in [-0.05, 0) is 89.9 Å². The van der Waals surface area contributed by atoms with Crippen LogP contribution in [0.15, 0.2) is 85.1 Å². The molecule has 0 fully saturated rings. The highest BCUT2D eigenvalue weighted by atomic mass is 31.2. The molecule has 0 amide bonds. The normalized spacial score (nSPS) is 14.2.